The van der Waals surface area contributed by atoms with Gasteiger partial charge in [-0.3, -0.25) is 0 Å². The first-order chi connectivity index (χ1) is 7.53. The molecule has 0 spiro atoms. The summed E-state index contributed by atoms with van der Waals surface area (Å²) in [6, 6.07) is 8.90. The number of phenols is 1. The summed E-state index contributed by atoms with van der Waals surface area (Å²) in [5.74, 6) is 0.977. The molecule has 0 saturated carbocycles. The summed E-state index contributed by atoms with van der Waals surface area (Å²) in [4.78, 5) is 0. The van der Waals surface area contributed by atoms with Gasteiger partial charge >= 0.3 is 0 Å². The lowest BCUT2D eigenvalue weighted by Crippen LogP contribution is -2.10. The second-order valence-corrected chi connectivity index (χ2v) is 4.44. The number of nitrogens with zero attached hydrogens (tertiary/aromatic N) is 1. The molecule has 0 unspecified atom stereocenters. The Morgan fingerprint density at radius 3 is 2.50 bits per heavy atom. The van der Waals surface area contributed by atoms with Crippen LogP contribution in [-0.2, 0) is 0 Å². The third kappa shape index (κ3) is 4.22. The van der Waals surface area contributed by atoms with Crippen LogP contribution in [0.5, 0.6) is 11.5 Å². The van der Waals surface area contributed by atoms with E-state index in [-0.39, 0.29) is 11.2 Å². The first-order valence-corrected chi connectivity index (χ1v) is 5.36. The molecular weight excluding hydrogens is 202 g/mol. The molecule has 0 fully saturated rings. The molecule has 0 atom stereocenters. The van der Waals surface area contributed by atoms with Gasteiger partial charge in [0.05, 0.1) is 18.1 Å². The maximum atomic E-state index is 9.08. The van der Waals surface area contributed by atoms with Crippen molar-refractivity contribution in [1.29, 1.82) is 5.26 Å². The van der Waals surface area contributed by atoms with Crippen molar-refractivity contribution in [3.8, 4) is 17.6 Å². The monoisotopic (exact) mass is 219 g/mol. The molecule has 0 aromatic heterocycles. The zero-order chi connectivity index (χ0) is 12.0. The lowest BCUT2D eigenvalue weighted by molar-refractivity contribution is 0.284. The van der Waals surface area contributed by atoms with Gasteiger partial charge in [0, 0.05) is 0 Å². The van der Waals surface area contributed by atoms with E-state index in [1.807, 2.05) is 13.8 Å². The predicted molar refractivity (Wildman–Crippen MR) is 62.2 cm³/mol. The normalized spacial score (nSPS) is 10.8. The van der Waals surface area contributed by atoms with Crippen LogP contribution in [0.3, 0.4) is 0 Å². The molecule has 0 heterocycles. The van der Waals surface area contributed by atoms with Gasteiger partial charge in [0.15, 0.2) is 0 Å². The predicted octanol–water partition coefficient (Wildman–Crippen LogP) is 3.10. The van der Waals surface area contributed by atoms with Crippen molar-refractivity contribution in [3.63, 3.8) is 0 Å². The van der Waals surface area contributed by atoms with E-state index < -0.39 is 0 Å². The number of ether oxygens (including phenoxy) is 1. The fourth-order valence-electron chi connectivity index (χ4n) is 1.30. The van der Waals surface area contributed by atoms with Crippen molar-refractivity contribution in [1.82, 2.24) is 0 Å². The Hall–Kier alpha value is -1.69. The summed E-state index contributed by atoms with van der Waals surface area (Å²) < 4.78 is 5.48. The van der Waals surface area contributed by atoms with Crippen LogP contribution in [0.2, 0.25) is 0 Å². The van der Waals surface area contributed by atoms with Crippen molar-refractivity contribution in [2.75, 3.05) is 6.61 Å². The number of rotatable bonds is 5. The number of hydrogen-bond acceptors (Lipinski definition) is 3. The van der Waals surface area contributed by atoms with Gasteiger partial charge in [0.25, 0.3) is 0 Å². The van der Waals surface area contributed by atoms with Crippen LogP contribution in [0.25, 0.3) is 0 Å². The fourth-order valence-corrected chi connectivity index (χ4v) is 1.30. The van der Waals surface area contributed by atoms with Gasteiger partial charge in [0.2, 0.25) is 0 Å². The van der Waals surface area contributed by atoms with E-state index in [0.717, 1.165) is 18.6 Å². The first kappa shape index (κ1) is 12.4. The van der Waals surface area contributed by atoms with E-state index >= 15 is 0 Å². The minimum atomic E-state index is -0.279. The molecule has 3 heteroatoms. The number of benzene rings is 1. The Morgan fingerprint density at radius 2 is 1.94 bits per heavy atom. The second kappa shape index (κ2) is 5.41. The fraction of sp³-hybridized carbons (Fsp3) is 0.462. The second-order valence-electron chi connectivity index (χ2n) is 4.44. The van der Waals surface area contributed by atoms with Crippen LogP contribution in [0.4, 0.5) is 0 Å². The Labute approximate surface area is 96.3 Å². The molecular formula is C13H17NO2. The summed E-state index contributed by atoms with van der Waals surface area (Å²) in [6.07, 6.45) is 1.67. The van der Waals surface area contributed by atoms with Crippen molar-refractivity contribution < 1.29 is 9.84 Å². The number of nitriles is 1. The minimum absolute atomic E-state index is 0.234. The third-order valence-corrected chi connectivity index (χ3v) is 2.35. The molecule has 3 nitrogen and oxygen atoms in total. The lowest BCUT2D eigenvalue weighted by Gasteiger charge is -2.14. The SMILES string of the molecule is CC(C)(C#N)CCCOc1ccc(O)cc1. The Kier molecular flexibility index (Phi) is 4.19. The summed E-state index contributed by atoms with van der Waals surface area (Å²) in [5.41, 5.74) is -0.279. The number of phenolic OH excluding ortho intramolecular Hbond substituents is 1. The van der Waals surface area contributed by atoms with Gasteiger partial charge in [-0.2, -0.15) is 5.26 Å². The Bertz CT molecular complexity index is 363. The zero-order valence-electron chi connectivity index (χ0n) is 9.73. The molecule has 0 aliphatic rings. The molecule has 0 aliphatic heterocycles. The van der Waals surface area contributed by atoms with Gasteiger partial charge in [-0.1, -0.05) is 0 Å². The maximum absolute atomic E-state index is 9.08. The summed E-state index contributed by atoms with van der Waals surface area (Å²) in [7, 11) is 0. The molecule has 0 bridgehead atoms. The summed E-state index contributed by atoms with van der Waals surface area (Å²) >= 11 is 0. The van der Waals surface area contributed by atoms with E-state index in [1.165, 1.54) is 0 Å². The molecule has 86 valence electrons. The van der Waals surface area contributed by atoms with Crippen molar-refractivity contribution in [2.24, 2.45) is 5.41 Å². The molecule has 0 radical (unpaired) electrons. The van der Waals surface area contributed by atoms with Crippen molar-refractivity contribution in [2.45, 2.75) is 26.7 Å². The van der Waals surface area contributed by atoms with Crippen LogP contribution in [0.15, 0.2) is 24.3 Å². The average Bonchev–Trinajstić information content (AvgIpc) is 2.27. The standard InChI is InChI=1S/C13H17NO2/c1-13(2,10-14)8-3-9-16-12-6-4-11(15)5-7-12/h4-7,15H,3,8-9H2,1-2H3. The van der Waals surface area contributed by atoms with Crippen molar-refractivity contribution in [3.05, 3.63) is 24.3 Å². The molecule has 1 aromatic carbocycles. The first-order valence-electron chi connectivity index (χ1n) is 5.36. The maximum Gasteiger partial charge on any atom is 0.119 e. The molecule has 0 saturated heterocycles. The van der Waals surface area contributed by atoms with E-state index in [1.54, 1.807) is 24.3 Å². The number of aromatic hydroxyl groups is 1. The van der Waals surface area contributed by atoms with Crippen LogP contribution in [0.1, 0.15) is 26.7 Å². The van der Waals surface area contributed by atoms with Crippen LogP contribution >= 0.6 is 0 Å². The van der Waals surface area contributed by atoms with Gasteiger partial charge in [-0.25, -0.2) is 0 Å². The van der Waals surface area contributed by atoms with Gasteiger partial charge < -0.3 is 9.84 Å². The summed E-state index contributed by atoms with van der Waals surface area (Å²) in [6.45, 7) is 4.44. The largest absolute Gasteiger partial charge is 0.508 e. The highest BCUT2D eigenvalue weighted by Gasteiger charge is 2.15. The molecule has 0 amide bonds. The van der Waals surface area contributed by atoms with Crippen LogP contribution < -0.4 is 4.74 Å². The third-order valence-electron chi connectivity index (χ3n) is 2.35. The van der Waals surface area contributed by atoms with E-state index in [0.29, 0.717) is 6.61 Å². The highest BCUT2D eigenvalue weighted by atomic mass is 16.5. The average molecular weight is 219 g/mol. The highest BCUT2D eigenvalue weighted by Crippen LogP contribution is 2.21. The van der Waals surface area contributed by atoms with Gasteiger partial charge in [-0.15, -0.1) is 0 Å². The smallest absolute Gasteiger partial charge is 0.119 e. The van der Waals surface area contributed by atoms with E-state index in [4.69, 9.17) is 15.1 Å². The Morgan fingerprint density at radius 1 is 1.31 bits per heavy atom. The topological polar surface area (TPSA) is 53.2 Å². The molecule has 1 rings (SSSR count). The molecule has 16 heavy (non-hydrogen) atoms. The molecule has 0 aliphatic carbocycles. The van der Waals surface area contributed by atoms with Crippen molar-refractivity contribution >= 4 is 0 Å². The minimum Gasteiger partial charge on any atom is -0.508 e. The Balaban J connectivity index is 2.27. The van der Waals surface area contributed by atoms with Gasteiger partial charge in [-0.05, 0) is 51.0 Å². The van der Waals surface area contributed by atoms with E-state index in [2.05, 4.69) is 6.07 Å². The van der Waals surface area contributed by atoms with Gasteiger partial charge in [0.1, 0.15) is 11.5 Å². The molecule has 1 N–H and O–H groups in total. The lowest BCUT2D eigenvalue weighted by atomic mass is 9.90. The number of hydrogen-bond donors (Lipinski definition) is 1. The van der Waals surface area contributed by atoms with Crippen LogP contribution in [-0.4, -0.2) is 11.7 Å². The van der Waals surface area contributed by atoms with Crippen LogP contribution in [0, 0.1) is 16.7 Å². The summed E-state index contributed by atoms with van der Waals surface area (Å²) in [5, 5.41) is 17.9. The van der Waals surface area contributed by atoms with E-state index in [9.17, 15) is 0 Å². The quantitative estimate of drug-likeness (QED) is 0.774. The highest BCUT2D eigenvalue weighted by molar-refractivity contribution is 5.29. The molecule has 1 aromatic rings. The zero-order valence-corrected chi connectivity index (χ0v) is 9.73.